The van der Waals surface area contributed by atoms with E-state index in [0.29, 0.717) is 5.56 Å². The molecule has 1 fully saturated rings. The molecule has 0 radical (unpaired) electrons. The van der Waals surface area contributed by atoms with Gasteiger partial charge in [-0.2, -0.15) is 0 Å². The largest absolute Gasteiger partial charge is 0.343 e. The molecule has 9 heteroatoms. The van der Waals surface area contributed by atoms with Crippen molar-refractivity contribution in [1.82, 2.24) is 20.9 Å². The van der Waals surface area contributed by atoms with Crippen molar-refractivity contribution < 1.29 is 14.0 Å². The molecule has 0 spiro atoms. The number of nitrogens with zero attached hydrogens (tertiary/aromatic N) is 1. The number of rotatable bonds is 4. The number of carbonyl (C=O) groups is 2. The molecule has 28 heavy (non-hydrogen) atoms. The van der Waals surface area contributed by atoms with Crippen LogP contribution in [-0.4, -0.2) is 29.5 Å². The number of hydrogen-bond donors (Lipinski definition) is 3. The number of carbonyl (C=O) groups excluding carboxylic acids is 2. The number of halogens is 2. The average molecular weight is 419 g/mol. The molecular formula is C19H16ClFN4O2S. The van der Waals surface area contributed by atoms with Gasteiger partial charge in [-0.1, -0.05) is 23.7 Å². The van der Waals surface area contributed by atoms with E-state index in [1.54, 1.807) is 17.4 Å². The van der Waals surface area contributed by atoms with Gasteiger partial charge in [0, 0.05) is 6.54 Å². The Morgan fingerprint density at radius 1 is 1.32 bits per heavy atom. The smallest absolute Gasteiger partial charge is 0.315 e. The number of urea groups is 1. The van der Waals surface area contributed by atoms with Crippen LogP contribution in [0.2, 0.25) is 5.02 Å². The van der Waals surface area contributed by atoms with Gasteiger partial charge in [-0.25, -0.2) is 14.2 Å². The summed E-state index contributed by atoms with van der Waals surface area (Å²) in [5, 5.41) is 8.96. The predicted octanol–water partition coefficient (Wildman–Crippen LogP) is 3.28. The van der Waals surface area contributed by atoms with E-state index in [9.17, 15) is 14.0 Å². The van der Waals surface area contributed by atoms with Gasteiger partial charge in [-0.05, 0) is 42.3 Å². The van der Waals surface area contributed by atoms with Crippen molar-refractivity contribution in [3.8, 4) is 0 Å². The van der Waals surface area contributed by atoms with Crippen molar-refractivity contribution in [1.29, 1.82) is 0 Å². The van der Waals surface area contributed by atoms with Crippen LogP contribution in [0.25, 0.3) is 10.2 Å². The van der Waals surface area contributed by atoms with Gasteiger partial charge in [0.05, 0.1) is 26.3 Å². The van der Waals surface area contributed by atoms with Crippen LogP contribution >= 0.6 is 22.9 Å². The van der Waals surface area contributed by atoms with E-state index in [-0.39, 0.29) is 23.5 Å². The highest BCUT2D eigenvalue weighted by atomic mass is 35.5. The molecule has 0 saturated carbocycles. The number of thiazole rings is 1. The molecule has 2 atom stereocenters. The van der Waals surface area contributed by atoms with E-state index < -0.39 is 17.9 Å². The molecule has 3 N–H and O–H groups in total. The summed E-state index contributed by atoms with van der Waals surface area (Å²) in [6.07, 6.45) is 0. The summed E-state index contributed by atoms with van der Waals surface area (Å²) in [5.74, 6) is -0.883. The first-order valence-electron chi connectivity index (χ1n) is 8.57. The van der Waals surface area contributed by atoms with Crippen LogP contribution in [0.1, 0.15) is 22.2 Å². The molecule has 0 unspecified atom stereocenters. The topological polar surface area (TPSA) is 83.1 Å². The van der Waals surface area contributed by atoms with Gasteiger partial charge in [-0.3, -0.25) is 4.79 Å². The van der Waals surface area contributed by atoms with Crippen LogP contribution in [0.4, 0.5) is 9.18 Å². The lowest BCUT2D eigenvalue weighted by atomic mass is 9.98. The van der Waals surface area contributed by atoms with E-state index in [1.807, 2.05) is 25.1 Å². The highest BCUT2D eigenvalue weighted by molar-refractivity contribution is 7.18. The van der Waals surface area contributed by atoms with E-state index in [4.69, 9.17) is 11.6 Å². The molecule has 1 saturated heterocycles. The molecular weight excluding hydrogens is 403 g/mol. The molecule has 0 bridgehead atoms. The molecule has 4 rings (SSSR count). The Balaban J connectivity index is 1.72. The van der Waals surface area contributed by atoms with Crippen molar-refractivity contribution in [3.63, 3.8) is 0 Å². The van der Waals surface area contributed by atoms with Gasteiger partial charge >= 0.3 is 6.03 Å². The maximum atomic E-state index is 13.6. The van der Waals surface area contributed by atoms with E-state index in [2.05, 4.69) is 20.9 Å². The number of fused-ring (bicyclic) bond motifs is 1. The summed E-state index contributed by atoms with van der Waals surface area (Å²) in [5.41, 5.74) is 2.23. The quantitative estimate of drug-likeness (QED) is 0.608. The summed E-state index contributed by atoms with van der Waals surface area (Å²) in [4.78, 5) is 28.5. The molecule has 3 amide bonds. The standard InChI is InChI=1S/C19H16ClFN4O2S/c1-9-23-14-7-11(3-5-16(14)28-9)17(10-2-4-13(21)12(20)6-10)25-18(26)15-8-22-19(27)24-15/h2-7,15,17H,8H2,1H3,(H,25,26)(H2,22,24,27)/t15-,17-/m0/s1. The van der Waals surface area contributed by atoms with Gasteiger partial charge in [0.2, 0.25) is 5.91 Å². The first kappa shape index (κ1) is 18.6. The second kappa shape index (κ2) is 7.37. The van der Waals surface area contributed by atoms with Crippen molar-refractivity contribution >= 4 is 45.1 Å². The van der Waals surface area contributed by atoms with E-state index >= 15 is 0 Å². The van der Waals surface area contributed by atoms with Crippen molar-refractivity contribution in [2.24, 2.45) is 0 Å². The minimum atomic E-state index is -0.684. The van der Waals surface area contributed by atoms with Gasteiger partial charge in [-0.15, -0.1) is 11.3 Å². The van der Waals surface area contributed by atoms with E-state index in [0.717, 1.165) is 20.8 Å². The molecule has 2 aromatic carbocycles. The summed E-state index contributed by atoms with van der Waals surface area (Å²) in [6, 6.07) is 8.42. The Kier molecular flexibility index (Phi) is 4.91. The lowest BCUT2D eigenvalue weighted by molar-refractivity contribution is -0.122. The monoisotopic (exact) mass is 418 g/mol. The van der Waals surface area contributed by atoms with Gasteiger partial charge in [0.1, 0.15) is 11.9 Å². The lowest BCUT2D eigenvalue weighted by Crippen LogP contribution is -2.44. The number of aryl methyl sites for hydroxylation is 1. The third-order valence-electron chi connectivity index (χ3n) is 4.50. The Labute approximate surface area is 169 Å². The van der Waals surface area contributed by atoms with Crippen LogP contribution < -0.4 is 16.0 Å². The molecule has 6 nitrogen and oxygen atoms in total. The Hall–Kier alpha value is -2.71. The highest BCUT2D eigenvalue weighted by Crippen LogP contribution is 2.30. The normalized spacial score (nSPS) is 17.2. The molecule has 144 valence electrons. The third-order valence-corrected chi connectivity index (χ3v) is 5.75. The first-order valence-corrected chi connectivity index (χ1v) is 9.77. The van der Waals surface area contributed by atoms with E-state index in [1.165, 1.54) is 12.1 Å². The zero-order valence-electron chi connectivity index (χ0n) is 14.8. The molecule has 2 heterocycles. The van der Waals surface area contributed by atoms with Crippen molar-refractivity contribution in [2.45, 2.75) is 19.0 Å². The summed E-state index contributed by atoms with van der Waals surface area (Å²) in [6.45, 7) is 2.13. The fraction of sp³-hybridized carbons (Fsp3) is 0.211. The van der Waals surface area contributed by atoms with Crippen LogP contribution in [0, 0.1) is 12.7 Å². The minimum absolute atomic E-state index is 0.0295. The van der Waals surface area contributed by atoms with Gasteiger partial charge in [0.15, 0.2) is 0 Å². The minimum Gasteiger partial charge on any atom is -0.343 e. The van der Waals surface area contributed by atoms with Crippen LogP contribution in [0.3, 0.4) is 0 Å². The third kappa shape index (κ3) is 3.65. The average Bonchev–Trinajstić information content (AvgIpc) is 3.26. The maximum Gasteiger partial charge on any atom is 0.315 e. The first-order chi connectivity index (χ1) is 13.4. The zero-order valence-corrected chi connectivity index (χ0v) is 16.3. The Morgan fingerprint density at radius 3 is 2.79 bits per heavy atom. The molecule has 1 aliphatic heterocycles. The second-order valence-electron chi connectivity index (χ2n) is 6.48. The SMILES string of the molecule is Cc1nc2cc([C@@H](NC(=O)[C@@H]3CNC(=O)N3)c3ccc(F)c(Cl)c3)ccc2s1. The van der Waals surface area contributed by atoms with Crippen LogP contribution in [0.15, 0.2) is 36.4 Å². The fourth-order valence-corrected chi connectivity index (χ4v) is 4.14. The lowest BCUT2D eigenvalue weighted by Gasteiger charge is -2.22. The van der Waals surface area contributed by atoms with Crippen molar-refractivity contribution in [3.05, 3.63) is 63.4 Å². The van der Waals surface area contributed by atoms with Gasteiger partial charge in [0.25, 0.3) is 0 Å². The molecule has 3 aromatic rings. The summed E-state index contributed by atoms with van der Waals surface area (Å²) >= 11 is 7.54. The molecule has 1 aliphatic rings. The van der Waals surface area contributed by atoms with Crippen LogP contribution in [-0.2, 0) is 4.79 Å². The van der Waals surface area contributed by atoms with Crippen molar-refractivity contribution in [2.75, 3.05) is 6.54 Å². The Morgan fingerprint density at radius 2 is 2.07 bits per heavy atom. The predicted molar refractivity (Wildman–Crippen MR) is 106 cm³/mol. The number of benzene rings is 2. The molecule has 1 aromatic heterocycles. The molecule has 0 aliphatic carbocycles. The fourth-order valence-electron chi connectivity index (χ4n) is 3.15. The Bertz CT molecular complexity index is 1090. The number of aromatic nitrogens is 1. The number of nitrogens with one attached hydrogen (secondary N) is 3. The highest BCUT2D eigenvalue weighted by Gasteiger charge is 2.29. The number of amides is 3. The van der Waals surface area contributed by atoms with Gasteiger partial charge < -0.3 is 16.0 Å². The maximum absolute atomic E-state index is 13.6. The number of hydrogen-bond acceptors (Lipinski definition) is 4. The zero-order chi connectivity index (χ0) is 19.8. The second-order valence-corrected chi connectivity index (χ2v) is 8.12. The summed E-state index contributed by atoms with van der Waals surface area (Å²) < 4.78 is 14.7. The van der Waals surface area contributed by atoms with Crippen LogP contribution in [0.5, 0.6) is 0 Å². The summed E-state index contributed by atoms with van der Waals surface area (Å²) in [7, 11) is 0.